The Hall–Kier alpha value is 0.480. The Morgan fingerprint density at radius 2 is 2.43 bits per heavy atom. The molecule has 0 aliphatic carbocycles. The van der Waals surface area contributed by atoms with Crippen molar-refractivity contribution in [1.29, 1.82) is 0 Å². The van der Waals surface area contributed by atoms with E-state index in [9.17, 15) is 0 Å². The fourth-order valence-corrected chi connectivity index (χ4v) is 0.736. The van der Waals surface area contributed by atoms with Crippen molar-refractivity contribution in [2.75, 3.05) is 6.61 Å². The Balaban J connectivity index is 2.56. The van der Waals surface area contributed by atoms with E-state index >= 15 is 0 Å². The first kappa shape index (κ1) is 7.48. The smallest absolute Gasteiger partial charge is 0.170 e. The molecule has 1 atom stereocenters. The topological polar surface area (TPSA) is 9.23 Å². The summed E-state index contributed by atoms with van der Waals surface area (Å²) in [4.78, 5) is 0. The summed E-state index contributed by atoms with van der Waals surface area (Å²) in [7, 11) is 0.251. The third-order valence-corrected chi connectivity index (χ3v) is 1.33. The molecule has 0 aliphatic rings. The van der Waals surface area contributed by atoms with Gasteiger partial charge in [0.05, 0.1) is 0 Å². The fourth-order valence-electron chi connectivity index (χ4n) is 0.258. The lowest BCUT2D eigenvalue weighted by Gasteiger charge is -1.82. The number of hydrogen-bond acceptors (Lipinski definition) is 2. The molecule has 42 valence electrons. The molecule has 0 amide bonds. The maximum absolute atomic E-state index is 4.92. The van der Waals surface area contributed by atoms with E-state index in [1.807, 2.05) is 0 Å². The lowest BCUT2D eigenvalue weighted by molar-refractivity contribution is 0.359. The number of hydrogen-bond donors (Lipinski definition) is 0. The lowest BCUT2D eigenvalue weighted by Crippen LogP contribution is -1.79. The van der Waals surface area contributed by atoms with Crippen LogP contribution in [0, 0.1) is 0 Å². The van der Waals surface area contributed by atoms with Gasteiger partial charge in [0, 0.05) is 0 Å². The van der Waals surface area contributed by atoms with Crippen LogP contribution in [0.25, 0.3) is 0 Å². The zero-order valence-electron chi connectivity index (χ0n) is 4.44. The molecule has 7 heavy (non-hydrogen) atoms. The van der Waals surface area contributed by atoms with E-state index in [2.05, 4.69) is 18.7 Å². The van der Waals surface area contributed by atoms with Crippen LogP contribution in [-0.2, 0) is 16.3 Å². The van der Waals surface area contributed by atoms with Gasteiger partial charge in [-0.3, -0.25) is 0 Å². The molecule has 0 fully saturated rings. The molecule has 0 radical (unpaired) electrons. The van der Waals surface area contributed by atoms with Crippen LogP contribution >= 0.6 is 7.58 Å². The maximum Gasteiger partial charge on any atom is 0.322 e. The van der Waals surface area contributed by atoms with Crippen molar-refractivity contribution < 1.29 is 4.52 Å². The summed E-state index contributed by atoms with van der Waals surface area (Å²) < 4.78 is 4.92. The predicted molar refractivity (Wildman–Crippen MR) is 36.5 cm³/mol. The zero-order chi connectivity index (χ0) is 5.54. The Kier molecular flexibility index (Phi) is 6.92. The number of rotatable bonds is 4. The van der Waals surface area contributed by atoms with E-state index in [0.717, 1.165) is 13.0 Å². The maximum atomic E-state index is 4.92. The van der Waals surface area contributed by atoms with E-state index in [1.54, 1.807) is 0 Å². The van der Waals surface area contributed by atoms with Crippen molar-refractivity contribution in [2.24, 2.45) is 0 Å². The molecule has 0 aromatic carbocycles. The van der Waals surface area contributed by atoms with E-state index < -0.39 is 0 Å². The first-order chi connectivity index (χ1) is 3.41. The van der Waals surface area contributed by atoms with Crippen LogP contribution in [0.1, 0.15) is 19.8 Å². The van der Waals surface area contributed by atoms with Gasteiger partial charge in [-0.1, -0.05) is 13.3 Å². The second kappa shape index (κ2) is 6.48. The van der Waals surface area contributed by atoms with Crippen LogP contribution < -0.4 is 0 Å². The normalized spacial score (nSPS) is 9.86. The molecule has 0 saturated heterocycles. The van der Waals surface area contributed by atoms with Gasteiger partial charge in [-0.15, -0.1) is 0 Å². The average Bonchev–Trinajstić information content (AvgIpc) is 1.69. The van der Waals surface area contributed by atoms with Crippen LogP contribution in [0.2, 0.25) is 0 Å². The summed E-state index contributed by atoms with van der Waals surface area (Å²) in [6, 6.07) is 0. The third kappa shape index (κ3) is 6.48. The van der Waals surface area contributed by atoms with Crippen molar-refractivity contribution in [1.82, 2.24) is 0 Å². The predicted octanol–water partition coefficient (Wildman–Crippen LogP) is 1.86. The molecule has 1 unspecified atom stereocenters. The summed E-state index contributed by atoms with van der Waals surface area (Å²) in [5, 5.41) is 0. The first-order valence-corrected chi connectivity index (χ1v) is 4.45. The largest absolute Gasteiger partial charge is 0.322 e. The van der Waals surface area contributed by atoms with Crippen LogP contribution in [0.5, 0.6) is 0 Å². The van der Waals surface area contributed by atoms with Crippen LogP contribution in [0.3, 0.4) is 0 Å². The Bertz CT molecular complexity index is 49.0. The Morgan fingerprint density at radius 1 is 1.71 bits per heavy atom. The quantitative estimate of drug-likeness (QED) is 0.432. The van der Waals surface area contributed by atoms with Gasteiger partial charge in [0.25, 0.3) is 0 Å². The molecule has 0 spiro atoms. The molecular formula is C4H10OPS+. The molecule has 3 heteroatoms. The summed E-state index contributed by atoms with van der Waals surface area (Å²) >= 11 is 4.57. The highest BCUT2D eigenvalue weighted by Crippen LogP contribution is 1.96. The molecule has 0 heterocycles. The lowest BCUT2D eigenvalue weighted by atomic mass is 10.4. The van der Waals surface area contributed by atoms with E-state index in [4.69, 9.17) is 4.52 Å². The second-order valence-corrected chi connectivity index (χ2v) is 2.24. The van der Waals surface area contributed by atoms with Gasteiger partial charge in [-0.25, -0.2) is 0 Å². The van der Waals surface area contributed by atoms with E-state index in [0.29, 0.717) is 0 Å². The monoisotopic (exact) mass is 137 g/mol. The molecule has 0 aromatic rings. The van der Waals surface area contributed by atoms with Crippen LogP contribution in [0.15, 0.2) is 0 Å². The van der Waals surface area contributed by atoms with Crippen LogP contribution in [-0.4, -0.2) is 6.61 Å². The van der Waals surface area contributed by atoms with Gasteiger partial charge in [0.15, 0.2) is 11.8 Å². The van der Waals surface area contributed by atoms with Gasteiger partial charge in [0.2, 0.25) is 0 Å². The second-order valence-electron chi connectivity index (χ2n) is 1.29. The average molecular weight is 137 g/mol. The summed E-state index contributed by atoms with van der Waals surface area (Å²) in [5.74, 6) is 0. The van der Waals surface area contributed by atoms with E-state index in [1.165, 1.54) is 6.42 Å². The van der Waals surface area contributed by atoms with Crippen molar-refractivity contribution in [2.45, 2.75) is 19.8 Å². The zero-order valence-corrected chi connectivity index (χ0v) is 6.25. The molecular weight excluding hydrogens is 127 g/mol. The van der Waals surface area contributed by atoms with Crippen LogP contribution in [0.4, 0.5) is 0 Å². The summed E-state index contributed by atoms with van der Waals surface area (Å²) in [6.45, 7) is 2.98. The Labute approximate surface area is 51.0 Å². The minimum Gasteiger partial charge on any atom is -0.170 e. The third-order valence-electron chi connectivity index (χ3n) is 0.659. The van der Waals surface area contributed by atoms with Crippen molar-refractivity contribution in [3.63, 3.8) is 0 Å². The van der Waals surface area contributed by atoms with Gasteiger partial charge < -0.3 is 0 Å². The van der Waals surface area contributed by atoms with Crippen molar-refractivity contribution in [3.8, 4) is 0 Å². The van der Waals surface area contributed by atoms with E-state index in [-0.39, 0.29) is 7.58 Å². The standard InChI is InChI=1S/C4H9OPS/c1-2-3-4-5-6-7/h2-4H2,1H3/p+1. The molecule has 0 rings (SSSR count). The number of unbranched alkanes of at least 4 members (excludes halogenated alkanes) is 1. The van der Waals surface area contributed by atoms with Crippen molar-refractivity contribution >= 4 is 19.4 Å². The highest BCUT2D eigenvalue weighted by molar-refractivity contribution is 7.94. The molecule has 1 nitrogen and oxygen atoms in total. The van der Waals surface area contributed by atoms with Crippen molar-refractivity contribution in [3.05, 3.63) is 0 Å². The molecule has 0 bridgehead atoms. The van der Waals surface area contributed by atoms with Gasteiger partial charge >= 0.3 is 7.58 Å². The summed E-state index contributed by atoms with van der Waals surface area (Å²) in [5.41, 5.74) is 0. The van der Waals surface area contributed by atoms with Gasteiger partial charge in [-0.05, 0) is 6.42 Å². The SMILES string of the molecule is CCCCO[PH+]=S. The molecule has 0 N–H and O–H groups in total. The molecule has 0 aliphatic heterocycles. The summed E-state index contributed by atoms with van der Waals surface area (Å²) in [6.07, 6.45) is 2.34. The minimum absolute atomic E-state index is 0.251. The molecule has 0 saturated carbocycles. The minimum atomic E-state index is 0.251. The fraction of sp³-hybridized carbons (Fsp3) is 1.00. The molecule has 0 aromatic heterocycles. The first-order valence-electron chi connectivity index (χ1n) is 2.40. The Morgan fingerprint density at radius 3 is 2.86 bits per heavy atom. The highest BCUT2D eigenvalue weighted by atomic mass is 32.4. The van der Waals surface area contributed by atoms with Gasteiger partial charge in [-0.2, -0.15) is 4.52 Å². The van der Waals surface area contributed by atoms with Gasteiger partial charge in [0.1, 0.15) is 6.61 Å². The highest BCUT2D eigenvalue weighted by Gasteiger charge is 1.84.